The van der Waals surface area contributed by atoms with E-state index in [1.165, 1.54) is 10.9 Å². The molecule has 148 valence electrons. The summed E-state index contributed by atoms with van der Waals surface area (Å²) in [7, 11) is 3.46. The van der Waals surface area contributed by atoms with Crippen molar-refractivity contribution in [2.24, 2.45) is 0 Å². The highest BCUT2D eigenvalue weighted by Crippen LogP contribution is 2.31. The molecule has 0 amide bonds. The number of hydrogen-bond acceptors (Lipinski definition) is 5. The zero-order valence-electron chi connectivity index (χ0n) is 16.6. The van der Waals surface area contributed by atoms with E-state index in [0.29, 0.717) is 0 Å². The van der Waals surface area contributed by atoms with Gasteiger partial charge in [-0.25, -0.2) is 4.98 Å². The SMILES string of the molecule is COCCN1CCN(Cc2c(-c3ccc(OC)cc3)[nH]c3ncccc23)CC1. The van der Waals surface area contributed by atoms with Crippen molar-refractivity contribution in [3.05, 3.63) is 48.2 Å². The number of H-pyrrole nitrogens is 1. The lowest BCUT2D eigenvalue weighted by Crippen LogP contribution is -2.46. The minimum atomic E-state index is 0.801. The molecule has 0 aliphatic carbocycles. The van der Waals surface area contributed by atoms with Crippen LogP contribution in [0.25, 0.3) is 22.3 Å². The molecule has 0 spiro atoms. The number of nitrogens with one attached hydrogen (secondary N) is 1. The molecule has 3 aromatic rings. The van der Waals surface area contributed by atoms with Crippen LogP contribution in [-0.4, -0.2) is 73.3 Å². The topological polar surface area (TPSA) is 53.6 Å². The molecule has 3 heterocycles. The smallest absolute Gasteiger partial charge is 0.138 e. The van der Waals surface area contributed by atoms with Crippen molar-refractivity contribution in [3.63, 3.8) is 0 Å². The number of fused-ring (bicyclic) bond motifs is 1. The molecule has 1 fully saturated rings. The van der Waals surface area contributed by atoms with Gasteiger partial charge in [0.15, 0.2) is 0 Å². The Bertz CT molecular complexity index is 899. The Morgan fingerprint density at radius 2 is 1.75 bits per heavy atom. The Kier molecular flexibility index (Phi) is 5.90. The highest BCUT2D eigenvalue weighted by molar-refractivity contribution is 5.88. The van der Waals surface area contributed by atoms with Crippen LogP contribution in [0.2, 0.25) is 0 Å². The number of piperazine rings is 1. The molecule has 0 saturated carbocycles. The average molecular weight is 380 g/mol. The fraction of sp³-hybridized carbons (Fsp3) is 0.409. The Morgan fingerprint density at radius 1 is 1.00 bits per heavy atom. The van der Waals surface area contributed by atoms with Crippen LogP contribution < -0.4 is 4.74 Å². The third-order valence-corrected chi connectivity index (χ3v) is 5.51. The number of aromatic amines is 1. The Labute approximate surface area is 166 Å². The lowest BCUT2D eigenvalue weighted by molar-refractivity contribution is 0.0941. The van der Waals surface area contributed by atoms with Crippen LogP contribution in [0, 0.1) is 0 Å². The molecule has 1 aliphatic rings. The Hall–Kier alpha value is -2.41. The minimum absolute atomic E-state index is 0.801. The molecule has 0 unspecified atom stereocenters. The van der Waals surface area contributed by atoms with Gasteiger partial charge in [0.25, 0.3) is 0 Å². The molecule has 0 bridgehead atoms. The van der Waals surface area contributed by atoms with E-state index in [2.05, 4.69) is 38.0 Å². The number of nitrogens with zero attached hydrogens (tertiary/aromatic N) is 3. The lowest BCUT2D eigenvalue weighted by atomic mass is 10.0. The standard InChI is InChI=1S/C22H28N4O2/c1-27-15-14-25-10-12-26(13-11-25)16-20-19-4-3-9-23-22(19)24-21(20)17-5-7-18(28-2)8-6-17/h3-9H,10-16H2,1-2H3,(H,23,24). The minimum Gasteiger partial charge on any atom is -0.497 e. The van der Waals surface area contributed by atoms with Crippen molar-refractivity contribution in [2.75, 3.05) is 53.6 Å². The summed E-state index contributed by atoms with van der Waals surface area (Å²) in [6.07, 6.45) is 1.84. The van der Waals surface area contributed by atoms with Crippen LogP contribution in [0.1, 0.15) is 5.56 Å². The first-order valence-electron chi connectivity index (χ1n) is 9.82. The van der Waals surface area contributed by atoms with Gasteiger partial charge >= 0.3 is 0 Å². The monoisotopic (exact) mass is 380 g/mol. The number of hydrogen-bond donors (Lipinski definition) is 1. The van der Waals surface area contributed by atoms with E-state index >= 15 is 0 Å². The van der Waals surface area contributed by atoms with Gasteiger partial charge in [0.2, 0.25) is 0 Å². The van der Waals surface area contributed by atoms with E-state index in [4.69, 9.17) is 9.47 Å². The molecule has 1 aromatic carbocycles. The number of methoxy groups -OCH3 is 2. The summed E-state index contributed by atoms with van der Waals surface area (Å²) in [5.74, 6) is 0.867. The fourth-order valence-electron chi connectivity index (χ4n) is 3.86. The quantitative estimate of drug-likeness (QED) is 0.683. The van der Waals surface area contributed by atoms with Crippen molar-refractivity contribution in [2.45, 2.75) is 6.54 Å². The van der Waals surface area contributed by atoms with Gasteiger partial charge in [-0.2, -0.15) is 0 Å². The maximum Gasteiger partial charge on any atom is 0.138 e. The normalized spacial score (nSPS) is 15.9. The van der Waals surface area contributed by atoms with Gasteiger partial charge in [0.1, 0.15) is 11.4 Å². The predicted molar refractivity (Wildman–Crippen MR) is 112 cm³/mol. The van der Waals surface area contributed by atoms with Gasteiger partial charge in [-0.3, -0.25) is 9.80 Å². The molecule has 0 atom stereocenters. The molecule has 1 N–H and O–H groups in total. The van der Waals surface area contributed by atoms with E-state index in [1.54, 1.807) is 14.2 Å². The molecular weight excluding hydrogens is 352 g/mol. The summed E-state index contributed by atoms with van der Waals surface area (Å²) in [5.41, 5.74) is 4.58. The van der Waals surface area contributed by atoms with Crippen molar-refractivity contribution in [1.82, 2.24) is 19.8 Å². The van der Waals surface area contributed by atoms with Gasteiger partial charge in [0, 0.05) is 63.5 Å². The number of rotatable bonds is 7. The van der Waals surface area contributed by atoms with Crippen LogP contribution in [-0.2, 0) is 11.3 Å². The fourth-order valence-corrected chi connectivity index (χ4v) is 3.86. The van der Waals surface area contributed by atoms with Crippen LogP contribution in [0.3, 0.4) is 0 Å². The highest BCUT2D eigenvalue weighted by Gasteiger charge is 2.21. The Balaban J connectivity index is 1.57. The zero-order valence-corrected chi connectivity index (χ0v) is 16.6. The second-order valence-electron chi connectivity index (χ2n) is 7.22. The van der Waals surface area contributed by atoms with E-state index in [1.807, 2.05) is 24.4 Å². The number of aromatic nitrogens is 2. The summed E-state index contributed by atoms with van der Waals surface area (Å²) < 4.78 is 10.5. The third-order valence-electron chi connectivity index (χ3n) is 5.51. The van der Waals surface area contributed by atoms with E-state index in [0.717, 1.165) is 68.5 Å². The Morgan fingerprint density at radius 3 is 2.46 bits per heavy atom. The summed E-state index contributed by atoms with van der Waals surface area (Å²) in [6.45, 7) is 7.04. The van der Waals surface area contributed by atoms with Gasteiger partial charge in [-0.05, 0) is 42.0 Å². The van der Waals surface area contributed by atoms with Crippen LogP contribution in [0.5, 0.6) is 5.75 Å². The molecule has 6 nitrogen and oxygen atoms in total. The van der Waals surface area contributed by atoms with Gasteiger partial charge in [0.05, 0.1) is 19.4 Å². The maximum atomic E-state index is 5.31. The molecule has 0 radical (unpaired) electrons. The summed E-state index contributed by atoms with van der Waals surface area (Å²) in [6, 6.07) is 12.4. The summed E-state index contributed by atoms with van der Waals surface area (Å²) in [4.78, 5) is 13.1. The van der Waals surface area contributed by atoms with E-state index in [-0.39, 0.29) is 0 Å². The number of benzene rings is 1. The second kappa shape index (κ2) is 8.73. The predicted octanol–water partition coefficient (Wildman–Crippen LogP) is 3.00. The zero-order chi connectivity index (χ0) is 19.3. The van der Waals surface area contributed by atoms with Gasteiger partial charge in [-0.1, -0.05) is 0 Å². The molecule has 1 saturated heterocycles. The molecule has 4 rings (SSSR count). The van der Waals surface area contributed by atoms with Crippen molar-refractivity contribution < 1.29 is 9.47 Å². The van der Waals surface area contributed by atoms with Gasteiger partial charge in [-0.15, -0.1) is 0 Å². The molecular formula is C22H28N4O2. The van der Waals surface area contributed by atoms with Crippen molar-refractivity contribution >= 4 is 11.0 Å². The maximum absolute atomic E-state index is 5.31. The van der Waals surface area contributed by atoms with Crippen LogP contribution >= 0.6 is 0 Å². The first-order chi connectivity index (χ1) is 13.8. The van der Waals surface area contributed by atoms with Crippen LogP contribution in [0.15, 0.2) is 42.6 Å². The van der Waals surface area contributed by atoms with Crippen LogP contribution in [0.4, 0.5) is 0 Å². The molecule has 28 heavy (non-hydrogen) atoms. The number of ether oxygens (including phenoxy) is 2. The molecule has 6 heteroatoms. The second-order valence-corrected chi connectivity index (χ2v) is 7.22. The first-order valence-corrected chi connectivity index (χ1v) is 9.82. The van der Waals surface area contributed by atoms with Gasteiger partial charge < -0.3 is 14.5 Å². The summed E-state index contributed by atoms with van der Waals surface area (Å²) >= 11 is 0. The van der Waals surface area contributed by atoms with Crippen molar-refractivity contribution in [3.8, 4) is 17.0 Å². The molecule has 2 aromatic heterocycles. The molecule has 1 aliphatic heterocycles. The lowest BCUT2D eigenvalue weighted by Gasteiger charge is -2.34. The third kappa shape index (κ3) is 4.04. The van der Waals surface area contributed by atoms with Crippen molar-refractivity contribution in [1.29, 1.82) is 0 Å². The average Bonchev–Trinajstić information content (AvgIpc) is 3.12. The number of pyridine rings is 1. The first kappa shape index (κ1) is 18.9. The van der Waals surface area contributed by atoms with E-state index in [9.17, 15) is 0 Å². The highest BCUT2D eigenvalue weighted by atomic mass is 16.5. The largest absolute Gasteiger partial charge is 0.497 e. The summed E-state index contributed by atoms with van der Waals surface area (Å²) in [5, 5.41) is 1.20. The van der Waals surface area contributed by atoms with E-state index < -0.39 is 0 Å².